The lowest BCUT2D eigenvalue weighted by Gasteiger charge is -2.38. The van der Waals surface area contributed by atoms with Crippen LogP contribution in [0.1, 0.15) is 46.1 Å². The molecule has 0 radical (unpaired) electrons. The number of nitrogens with zero attached hydrogens (tertiary/aromatic N) is 1. The van der Waals surface area contributed by atoms with Crippen LogP contribution in [0.3, 0.4) is 0 Å². The van der Waals surface area contributed by atoms with Crippen molar-refractivity contribution in [1.82, 2.24) is 0 Å². The van der Waals surface area contributed by atoms with Gasteiger partial charge in [0, 0.05) is 16.5 Å². The predicted octanol–water partition coefficient (Wildman–Crippen LogP) is 3.90. The fraction of sp³-hybridized carbons (Fsp3) is 0.545. The van der Waals surface area contributed by atoms with Crippen molar-refractivity contribution in [3.63, 3.8) is 0 Å². The Morgan fingerprint density at radius 2 is 1.92 bits per heavy atom. The van der Waals surface area contributed by atoms with Crippen LogP contribution < -0.4 is 24.0 Å². The number of allylic oxidation sites excluding steroid dienone is 3. The smallest absolute Gasteiger partial charge is 0.106 e. The minimum Gasteiger partial charge on any atom is -1.00 e. The summed E-state index contributed by atoms with van der Waals surface area (Å²) in [6.07, 6.45) is 9.68. The van der Waals surface area contributed by atoms with E-state index in [1.54, 1.807) is 0 Å². The first-order valence-corrected chi connectivity index (χ1v) is 9.90. The van der Waals surface area contributed by atoms with Gasteiger partial charge in [0.15, 0.2) is 0 Å². The molecule has 2 unspecified atom stereocenters. The molecule has 0 spiro atoms. The molecular formula is C22H32Cl2IN. The summed E-state index contributed by atoms with van der Waals surface area (Å²) in [5, 5.41) is 1.44. The number of hydrogen-bond donors (Lipinski definition) is 0. The maximum atomic E-state index is 6.38. The molecule has 1 aliphatic rings. The number of quaternary nitrogens is 1. The van der Waals surface area contributed by atoms with Gasteiger partial charge in [0.2, 0.25) is 0 Å². The molecule has 4 heteroatoms. The van der Waals surface area contributed by atoms with Gasteiger partial charge in [0.05, 0.1) is 19.1 Å². The molecule has 1 nitrogen and oxygen atoms in total. The molecule has 0 bridgehead atoms. The molecule has 0 N–H and O–H groups in total. The SMILES string of the molecule is CC1=CCCC(C)(C)C1/C=C/C(C)[N+](C)(C)Cc1ccc(Cl)cc1Cl.[I-]. The molecule has 1 aromatic carbocycles. The van der Waals surface area contributed by atoms with Gasteiger partial charge >= 0.3 is 0 Å². The van der Waals surface area contributed by atoms with Crippen LogP contribution in [-0.2, 0) is 6.54 Å². The summed E-state index contributed by atoms with van der Waals surface area (Å²) in [4.78, 5) is 0. The van der Waals surface area contributed by atoms with E-state index in [0.29, 0.717) is 22.4 Å². The van der Waals surface area contributed by atoms with Crippen molar-refractivity contribution < 1.29 is 28.5 Å². The maximum absolute atomic E-state index is 6.38. The van der Waals surface area contributed by atoms with Gasteiger partial charge in [-0.05, 0) is 50.3 Å². The molecule has 146 valence electrons. The molecule has 0 fully saturated rings. The van der Waals surface area contributed by atoms with Crippen LogP contribution in [0, 0.1) is 11.3 Å². The Morgan fingerprint density at radius 1 is 1.27 bits per heavy atom. The standard InChI is InChI=1S/C22H32Cl2N.HI/c1-16-8-7-13-22(3,4)20(16)12-9-17(2)25(5,6)15-18-10-11-19(23)14-21(18)24;/h8-12,14,17,20H,7,13,15H2,1-6H3;1H/q+1;/p-1/b12-9+;. The van der Waals surface area contributed by atoms with Crippen molar-refractivity contribution in [2.45, 2.75) is 53.1 Å². The van der Waals surface area contributed by atoms with Crippen molar-refractivity contribution in [2.24, 2.45) is 11.3 Å². The normalized spacial score (nSPS) is 21.2. The van der Waals surface area contributed by atoms with Gasteiger partial charge in [-0.25, -0.2) is 0 Å². The van der Waals surface area contributed by atoms with E-state index in [9.17, 15) is 0 Å². The zero-order chi connectivity index (χ0) is 18.8. The molecule has 26 heavy (non-hydrogen) atoms. The van der Waals surface area contributed by atoms with Gasteiger partial charge in [-0.3, -0.25) is 0 Å². The second-order valence-corrected chi connectivity index (χ2v) is 9.59. The van der Waals surface area contributed by atoms with Crippen LogP contribution in [0.15, 0.2) is 42.0 Å². The monoisotopic (exact) mass is 507 g/mol. The second-order valence-electron chi connectivity index (χ2n) is 8.75. The number of likely N-dealkylation sites (N-methyl/N-ethyl adjacent to an activating group) is 1. The highest BCUT2D eigenvalue weighted by Crippen LogP contribution is 2.41. The highest BCUT2D eigenvalue weighted by Gasteiger charge is 2.31. The minimum absolute atomic E-state index is 0. The van der Waals surface area contributed by atoms with Crippen molar-refractivity contribution in [1.29, 1.82) is 0 Å². The topological polar surface area (TPSA) is 0 Å². The summed E-state index contributed by atoms with van der Waals surface area (Å²) >= 11 is 12.4. The fourth-order valence-electron chi connectivity index (χ4n) is 3.72. The van der Waals surface area contributed by atoms with Gasteiger partial charge in [0.25, 0.3) is 0 Å². The van der Waals surface area contributed by atoms with E-state index in [-0.39, 0.29) is 24.0 Å². The van der Waals surface area contributed by atoms with E-state index < -0.39 is 0 Å². The van der Waals surface area contributed by atoms with Crippen LogP contribution >= 0.6 is 23.2 Å². The Hall–Kier alpha value is -0.0300. The second kappa shape index (κ2) is 9.45. The molecule has 2 atom stereocenters. The van der Waals surface area contributed by atoms with E-state index in [1.807, 2.05) is 18.2 Å². The molecule has 0 aromatic heterocycles. The van der Waals surface area contributed by atoms with Gasteiger partial charge in [0.1, 0.15) is 12.6 Å². The van der Waals surface area contributed by atoms with Crippen molar-refractivity contribution >= 4 is 23.2 Å². The Balaban J connectivity index is 0.00000338. The first kappa shape index (κ1) is 24.0. The largest absolute Gasteiger partial charge is 1.00 e. The quantitative estimate of drug-likeness (QED) is 0.322. The lowest BCUT2D eigenvalue weighted by atomic mass is 9.68. The molecule has 0 amide bonds. The highest BCUT2D eigenvalue weighted by atomic mass is 127. The molecule has 0 aliphatic heterocycles. The van der Waals surface area contributed by atoms with Crippen molar-refractivity contribution in [2.75, 3.05) is 14.1 Å². The average molecular weight is 508 g/mol. The minimum atomic E-state index is 0. The van der Waals surface area contributed by atoms with Crippen LogP contribution in [0.25, 0.3) is 0 Å². The Kier molecular flexibility index (Phi) is 8.72. The summed E-state index contributed by atoms with van der Waals surface area (Å²) in [7, 11) is 4.52. The molecule has 0 saturated carbocycles. The van der Waals surface area contributed by atoms with E-state index in [4.69, 9.17) is 23.2 Å². The summed E-state index contributed by atoms with van der Waals surface area (Å²) in [6.45, 7) is 10.2. The van der Waals surface area contributed by atoms with E-state index in [2.05, 4.69) is 60.0 Å². The molecule has 1 aromatic rings. The Morgan fingerprint density at radius 3 is 2.50 bits per heavy atom. The van der Waals surface area contributed by atoms with Gasteiger partial charge in [-0.15, -0.1) is 0 Å². The maximum Gasteiger partial charge on any atom is 0.106 e. The lowest BCUT2D eigenvalue weighted by molar-refractivity contribution is -0.919. The van der Waals surface area contributed by atoms with Crippen molar-refractivity contribution in [3.8, 4) is 0 Å². The first-order valence-electron chi connectivity index (χ1n) is 9.14. The van der Waals surface area contributed by atoms with Crippen LogP contribution in [0.4, 0.5) is 0 Å². The zero-order valence-corrected chi connectivity index (χ0v) is 20.5. The number of rotatable bonds is 5. The van der Waals surface area contributed by atoms with Crippen LogP contribution in [0.2, 0.25) is 10.0 Å². The highest BCUT2D eigenvalue weighted by molar-refractivity contribution is 6.35. The zero-order valence-electron chi connectivity index (χ0n) is 16.8. The molecule has 1 aliphatic carbocycles. The Bertz CT molecular complexity index is 677. The first-order chi connectivity index (χ1) is 11.5. The summed E-state index contributed by atoms with van der Waals surface area (Å²) in [6, 6.07) is 6.19. The molecule has 2 rings (SSSR count). The number of hydrogen-bond acceptors (Lipinski definition) is 0. The lowest BCUT2D eigenvalue weighted by Crippen LogP contribution is -3.00. The predicted molar refractivity (Wildman–Crippen MR) is 111 cm³/mol. The molecule has 0 saturated heterocycles. The summed E-state index contributed by atoms with van der Waals surface area (Å²) < 4.78 is 0.855. The van der Waals surface area contributed by atoms with Gasteiger partial charge in [-0.2, -0.15) is 0 Å². The van der Waals surface area contributed by atoms with E-state index >= 15 is 0 Å². The molecule has 0 heterocycles. The fourth-order valence-corrected chi connectivity index (χ4v) is 4.19. The average Bonchev–Trinajstić information content (AvgIpc) is 2.48. The van der Waals surface area contributed by atoms with E-state index in [1.165, 1.54) is 18.4 Å². The molecular weight excluding hydrogens is 476 g/mol. The third-order valence-electron chi connectivity index (χ3n) is 5.87. The third-order valence-corrected chi connectivity index (χ3v) is 6.45. The third kappa shape index (κ3) is 5.98. The summed E-state index contributed by atoms with van der Waals surface area (Å²) in [5.41, 5.74) is 2.99. The van der Waals surface area contributed by atoms with Crippen molar-refractivity contribution in [3.05, 3.63) is 57.6 Å². The van der Waals surface area contributed by atoms with Gasteiger partial charge < -0.3 is 28.5 Å². The Labute approximate surface area is 187 Å². The summed E-state index contributed by atoms with van der Waals surface area (Å²) in [5.74, 6) is 0.530. The van der Waals surface area contributed by atoms with E-state index in [0.717, 1.165) is 21.6 Å². The number of halogens is 3. The number of benzene rings is 1. The van der Waals surface area contributed by atoms with Crippen LogP contribution in [0.5, 0.6) is 0 Å². The van der Waals surface area contributed by atoms with Crippen LogP contribution in [-0.4, -0.2) is 24.6 Å². The van der Waals surface area contributed by atoms with Gasteiger partial charge in [-0.1, -0.05) is 60.8 Å².